The summed E-state index contributed by atoms with van der Waals surface area (Å²) in [5, 5.41) is 129. The predicted octanol–water partition coefficient (Wildman–Crippen LogP) is 2.22. The molecule has 1 saturated heterocycles. The van der Waals surface area contributed by atoms with Gasteiger partial charge in [0, 0.05) is 36.2 Å². The standard InChI is InChI=1S/C38H36O18/c1-51-24-6-14(7-25(52-2)30(24)47)35-37(56-38-33(50)32(49)31(48)26(12-39)54-38)29(27-20(44)8-15(40)9-23(27)53-35)28-21(45)11-18(42)16-10-22(46)34(55-36(16)28)13-3-4-17(41)19(43)5-13/h3-9,11,22,26,31-34,38-39,46,48-50H,10,12H2,1-2H3,(H6-,40,41,42,43,44,45,47)/p+1/t22-,26-,31-,32+,33-,34-,38+/m1/s1. The molecule has 1 aromatic heterocycles. The summed E-state index contributed by atoms with van der Waals surface area (Å²) in [4.78, 5) is 0. The molecule has 4 aromatic carbocycles. The zero-order valence-electron chi connectivity index (χ0n) is 29.4. The highest BCUT2D eigenvalue weighted by Gasteiger charge is 2.47. The van der Waals surface area contributed by atoms with Crippen LogP contribution in [-0.4, -0.2) is 119 Å². The molecule has 3 heterocycles. The second-order valence-corrected chi connectivity index (χ2v) is 13.2. The third-order valence-electron chi connectivity index (χ3n) is 9.71. The third kappa shape index (κ3) is 6.33. The smallest absolute Gasteiger partial charge is 0.403 e. The lowest BCUT2D eigenvalue weighted by Gasteiger charge is -2.39. The van der Waals surface area contributed by atoms with Crippen molar-refractivity contribution >= 4 is 11.0 Å². The van der Waals surface area contributed by atoms with Crippen molar-refractivity contribution in [3.8, 4) is 85.7 Å². The van der Waals surface area contributed by atoms with Crippen molar-refractivity contribution in [1.82, 2.24) is 0 Å². The van der Waals surface area contributed by atoms with Crippen LogP contribution in [0.15, 0.2) is 52.9 Å². The van der Waals surface area contributed by atoms with E-state index in [0.29, 0.717) is 0 Å². The summed E-state index contributed by atoms with van der Waals surface area (Å²) < 4.78 is 35.2. The molecule has 7 rings (SSSR count). The maximum atomic E-state index is 11.8. The number of phenols is 7. The fourth-order valence-corrected chi connectivity index (χ4v) is 6.92. The van der Waals surface area contributed by atoms with E-state index < -0.39 is 95.5 Å². The quantitative estimate of drug-likeness (QED) is 0.0793. The van der Waals surface area contributed by atoms with Crippen molar-refractivity contribution in [3.63, 3.8) is 0 Å². The molecule has 12 N–H and O–H groups in total. The van der Waals surface area contributed by atoms with Gasteiger partial charge >= 0.3 is 11.3 Å². The number of methoxy groups -OCH3 is 2. The molecular weight excluding hydrogens is 744 g/mol. The molecule has 0 amide bonds. The van der Waals surface area contributed by atoms with Gasteiger partial charge in [0.25, 0.3) is 0 Å². The van der Waals surface area contributed by atoms with E-state index in [-0.39, 0.29) is 68.2 Å². The van der Waals surface area contributed by atoms with Gasteiger partial charge in [-0.15, -0.1) is 0 Å². The number of aliphatic hydroxyl groups is 5. The maximum absolute atomic E-state index is 11.8. The molecule has 0 aliphatic carbocycles. The molecule has 56 heavy (non-hydrogen) atoms. The van der Waals surface area contributed by atoms with Crippen molar-refractivity contribution in [2.75, 3.05) is 20.8 Å². The topological polar surface area (TPSA) is 300 Å². The van der Waals surface area contributed by atoms with Crippen LogP contribution in [0, 0.1) is 0 Å². The number of aliphatic hydroxyl groups excluding tert-OH is 5. The summed E-state index contributed by atoms with van der Waals surface area (Å²) in [5.74, 6) is -5.24. The van der Waals surface area contributed by atoms with Gasteiger partial charge in [-0.05, 0) is 17.7 Å². The van der Waals surface area contributed by atoms with E-state index in [9.17, 15) is 61.3 Å². The number of hydrogen-bond donors (Lipinski definition) is 12. The Morgan fingerprint density at radius 2 is 1.43 bits per heavy atom. The first kappa shape index (κ1) is 38.1. The minimum atomic E-state index is -2.01. The lowest BCUT2D eigenvalue weighted by molar-refractivity contribution is -0.277. The Labute approximate surface area is 315 Å². The summed E-state index contributed by atoms with van der Waals surface area (Å²) >= 11 is 0. The fraction of sp³-hybridized carbons (Fsp3) is 0.289. The van der Waals surface area contributed by atoms with Crippen LogP contribution in [0.4, 0.5) is 0 Å². The van der Waals surface area contributed by atoms with Gasteiger partial charge in [0.1, 0.15) is 64.7 Å². The van der Waals surface area contributed by atoms with Gasteiger partial charge in [-0.1, -0.05) is 6.07 Å². The van der Waals surface area contributed by atoms with Gasteiger partial charge in [0.15, 0.2) is 23.0 Å². The van der Waals surface area contributed by atoms with Crippen LogP contribution < -0.4 is 18.9 Å². The van der Waals surface area contributed by atoms with Gasteiger partial charge in [0.05, 0.1) is 49.7 Å². The second-order valence-electron chi connectivity index (χ2n) is 13.2. The third-order valence-corrected chi connectivity index (χ3v) is 9.71. The Morgan fingerprint density at radius 3 is 2.07 bits per heavy atom. The number of phenolic OH excluding ortho intramolecular Hbond substituents is 7. The first-order valence-electron chi connectivity index (χ1n) is 16.9. The molecule has 0 radical (unpaired) electrons. The predicted molar refractivity (Wildman–Crippen MR) is 190 cm³/mol. The molecule has 0 saturated carbocycles. The molecule has 18 nitrogen and oxygen atoms in total. The molecule has 0 bridgehead atoms. The molecule has 2 aliphatic heterocycles. The SMILES string of the molecule is COc1cc(-c2[o+]c3cc(O)cc(O)c3c(-c3c(O)cc(O)c4c3O[C@H](c3ccc(O)c(O)c3)[C@H](O)C4)c2O[C@@H]2O[C@H](CO)[C@@H](O)[C@H](O)[C@H]2O)cc(OC)c1O. The largest absolute Gasteiger partial charge is 0.507 e. The van der Waals surface area contributed by atoms with Gasteiger partial charge in [-0.2, -0.15) is 0 Å². The molecule has 7 atom stereocenters. The van der Waals surface area contributed by atoms with Gasteiger partial charge < -0.3 is 85.0 Å². The zero-order valence-corrected chi connectivity index (χ0v) is 29.4. The summed E-state index contributed by atoms with van der Waals surface area (Å²) in [6.45, 7) is -0.838. The average Bonchev–Trinajstić information content (AvgIpc) is 3.16. The van der Waals surface area contributed by atoms with E-state index in [1.807, 2.05) is 0 Å². The van der Waals surface area contributed by atoms with E-state index in [1.165, 1.54) is 32.4 Å². The van der Waals surface area contributed by atoms with Crippen molar-refractivity contribution in [3.05, 3.63) is 59.7 Å². The normalized spacial score (nSPS) is 23.3. The zero-order chi connectivity index (χ0) is 40.3. The molecule has 0 spiro atoms. The van der Waals surface area contributed by atoms with Gasteiger partial charge in [-0.3, -0.25) is 0 Å². The summed E-state index contributed by atoms with van der Waals surface area (Å²) in [5.41, 5.74) is -0.809. The second kappa shape index (κ2) is 14.5. The molecule has 296 valence electrons. The monoisotopic (exact) mass is 781 g/mol. The average molecular weight is 782 g/mol. The van der Waals surface area contributed by atoms with E-state index in [2.05, 4.69) is 0 Å². The van der Waals surface area contributed by atoms with E-state index in [0.717, 1.165) is 30.3 Å². The number of rotatable bonds is 8. The van der Waals surface area contributed by atoms with E-state index >= 15 is 0 Å². The van der Waals surface area contributed by atoms with Crippen LogP contribution >= 0.6 is 0 Å². The minimum Gasteiger partial charge on any atom is -0.507 e. The molecule has 1 fully saturated rings. The first-order chi connectivity index (χ1) is 26.7. The van der Waals surface area contributed by atoms with Crippen LogP contribution in [0.3, 0.4) is 0 Å². The number of hydrogen-bond acceptors (Lipinski definition) is 17. The lowest BCUT2D eigenvalue weighted by atomic mass is 9.88. The summed E-state index contributed by atoms with van der Waals surface area (Å²) in [6, 6.07) is 9.18. The van der Waals surface area contributed by atoms with E-state index in [1.54, 1.807) is 0 Å². The molecule has 2 aliphatic rings. The van der Waals surface area contributed by atoms with Crippen molar-refractivity contribution < 1.29 is 89.4 Å². The molecule has 5 aromatic rings. The first-order valence-corrected chi connectivity index (χ1v) is 16.9. The molecule has 0 unspecified atom stereocenters. The lowest BCUT2D eigenvalue weighted by Crippen LogP contribution is -2.60. The van der Waals surface area contributed by atoms with E-state index in [4.69, 9.17) is 28.1 Å². The Hall–Kier alpha value is -6.15. The van der Waals surface area contributed by atoms with Crippen LogP contribution in [0.1, 0.15) is 17.2 Å². The Kier molecular flexibility index (Phi) is 9.87. The van der Waals surface area contributed by atoms with Crippen molar-refractivity contribution in [2.24, 2.45) is 0 Å². The minimum absolute atomic E-state index is 0.00277. The Morgan fingerprint density at radius 1 is 0.732 bits per heavy atom. The van der Waals surface area contributed by atoms with Crippen molar-refractivity contribution in [2.45, 2.75) is 49.3 Å². The Balaban J connectivity index is 1.59. The number of aromatic hydroxyl groups is 7. The van der Waals surface area contributed by atoms with Crippen LogP contribution in [-0.2, 0) is 11.2 Å². The Bertz CT molecular complexity index is 2300. The van der Waals surface area contributed by atoms with Crippen LogP contribution in [0.2, 0.25) is 0 Å². The number of fused-ring (bicyclic) bond motifs is 2. The molecule has 18 heteroatoms. The number of benzene rings is 4. The van der Waals surface area contributed by atoms with Crippen LogP contribution in [0.25, 0.3) is 33.4 Å². The highest BCUT2D eigenvalue weighted by atomic mass is 16.7. The highest BCUT2D eigenvalue weighted by molar-refractivity contribution is 6.06. The van der Waals surface area contributed by atoms with Gasteiger partial charge in [-0.25, -0.2) is 4.42 Å². The molecular formula is C38H37O18+. The summed E-state index contributed by atoms with van der Waals surface area (Å²) in [6.07, 6.45) is -12.1. The summed E-state index contributed by atoms with van der Waals surface area (Å²) in [7, 11) is 2.50. The van der Waals surface area contributed by atoms with Crippen LogP contribution in [0.5, 0.6) is 63.2 Å². The maximum Gasteiger partial charge on any atom is 0.403 e. The van der Waals surface area contributed by atoms with Crippen molar-refractivity contribution in [1.29, 1.82) is 0 Å². The van der Waals surface area contributed by atoms with Gasteiger partial charge in [0.2, 0.25) is 17.8 Å². The fourth-order valence-electron chi connectivity index (χ4n) is 6.92. The highest BCUT2D eigenvalue weighted by Crippen LogP contribution is 2.58. The number of ether oxygens (including phenoxy) is 5.